The van der Waals surface area contributed by atoms with Gasteiger partial charge in [0.1, 0.15) is 6.10 Å². The first-order valence-electron chi connectivity index (χ1n) is 6.01. The highest BCUT2D eigenvalue weighted by Gasteiger charge is 2.43. The molecule has 1 amide bonds. The van der Waals surface area contributed by atoms with E-state index in [2.05, 4.69) is 5.10 Å². The maximum absolute atomic E-state index is 11.5. The number of epoxide rings is 1. The standard InChI is InChI=1S/C12H19N3O3/c1-12(2,3)15(11(16)17)9(10-8-18-10)7-14-6-4-5-13-14/h4-6,9-10H,7-8H2,1-3H3,(H,16,17)/t9-,10+/m0/s1. The van der Waals surface area contributed by atoms with Crippen molar-refractivity contribution in [3.05, 3.63) is 18.5 Å². The second kappa shape index (κ2) is 4.61. The lowest BCUT2D eigenvalue weighted by Gasteiger charge is -2.39. The Balaban J connectivity index is 2.19. The molecule has 6 heteroatoms. The molecule has 100 valence electrons. The molecule has 0 aliphatic carbocycles. The van der Waals surface area contributed by atoms with Crippen LogP contribution >= 0.6 is 0 Å². The predicted octanol–water partition coefficient (Wildman–Crippen LogP) is 1.43. The molecule has 0 unspecified atom stereocenters. The van der Waals surface area contributed by atoms with Gasteiger partial charge >= 0.3 is 6.09 Å². The van der Waals surface area contributed by atoms with E-state index in [0.717, 1.165) is 0 Å². The average Bonchev–Trinajstić information content (AvgIpc) is 2.94. The molecule has 2 atom stereocenters. The first kappa shape index (κ1) is 12.9. The minimum atomic E-state index is -0.921. The summed E-state index contributed by atoms with van der Waals surface area (Å²) in [5.41, 5.74) is -0.463. The smallest absolute Gasteiger partial charge is 0.408 e. The second-order valence-corrected chi connectivity index (χ2v) is 5.49. The number of carbonyl (C=O) groups is 1. The molecular weight excluding hydrogens is 234 g/mol. The Kier molecular flexibility index (Phi) is 3.30. The van der Waals surface area contributed by atoms with Crippen LogP contribution in [0.25, 0.3) is 0 Å². The topological polar surface area (TPSA) is 70.9 Å². The van der Waals surface area contributed by atoms with E-state index in [1.165, 1.54) is 4.90 Å². The number of aromatic nitrogens is 2. The molecule has 6 nitrogen and oxygen atoms in total. The van der Waals surface area contributed by atoms with Crippen molar-refractivity contribution in [3.63, 3.8) is 0 Å². The van der Waals surface area contributed by atoms with E-state index in [-0.39, 0.29) is 12.1 Å². The maximum Gasteiger partial charge on any atom is 0.408 e. The molecule has 1 N–H and O–H groups in total. The van der Waals surface area contributed by atoms with E-state index in [4.69, 9.17) is 4.74 Å². The summed E-state index contributed by atoms with van der Waals surface area (Å²) in [6, 6.07) is 1.62. The van der Waals surface area contributed by atoms with Crippen molar-refractivity contribution < 1.29 is 14.6 Å². The molecular formula is C12H19N3O3. The molecule has 1 aromatic rings. The van der Waals surface area contributed by atoms with Gasteiger partial charge < -0.3 is 9.84 Å². The summed E-state index contributed by atoms with van der Waals surface area (Å²) in [7, 11) is 0. The van der Waals surface area contributed by atoms with E-state index >= 15 is 0 Å². The summed E-state index contributed by atoms with van der Waals surface area (Å²) in [6.45, 7) is 6.80. The van der Waals surface area contributed by atoms with E-state index in [1.54, 1.807) is 10.9 Å². The first-order valence-corrected chi connectivity index (χ1v) is 6.01. The normalized spacial score (nSPS) is 20.5. The molecule has 1 aliphatic heterocycles. The van der Waals surface area contributed by atoms with Gasteiger partial charge in [-0.3, -0.25) is 9.58 Å². The van der Waals surface area contributed by atoms with Crippen LogP contribution in [0.1, 0.15) is 20.8 Å². The lowest BCUT2D eigenvalue weighted by molar-refractivity contribution is 0.0517. The van der Waals surface area contributed by atoms with E-state index in [0.29, 0.717) is 13.2 Å². The third-order valence-corrected chi connectivity index (χ3v) is 2.98. The third kappa shape index (κ3) is 2.81. The van der Waals surface area contributed by atoms with Gasteiger partial charge in [-0.25, -0.2) is 4.79 Å². The van der Waals surface area contributed by atoms with Crippen molar-refractivity contribution in [2.75, 3.05) is 6.61 Å². The Hall–Kier alpha value is -1.56. The molecule has 1 aromatic heterocycles. The van der Waals surface area contributed by atoms with Gasteiger partial charge in [-0.05, 0) is 26.8 Å². The number of carboxylic acid groups (broad SMARTS) is 1. The molecule has 1 saturated heterocycles. The fourth-order valence-corrected chi connectivity index (χ4v) is 2.17. The zero-order valence-corrected chi connectivity index (χ0v) is 10.9. The van der Waals surface area contributed by atoms with E-state index in [9.17, 15) is 9.90 Å². The minimum absolute atomic E-state index is 0.0236. The first-order chi connectivity index (χ1) is 8.39. The molecule has 0 bridgehead atoms. The van der Waals surface area contributed by atoms with Gasteiger partial charge in [-0.2, -0.15) is 5.10 Å². The highest BCUT2D eigenvalue weighted by Crippen LogP contribution is 2.27. The van der Waals surface area contributed by atoms with Crippen molar-refractivity contribution in [1.29, 1.82) is 0 Å². The van der Waals surface area contributed by atoms with Crippen molar-refractivity contribution in [3.8, 4) is 0 Å². The molecule has 1 fully saturated rings. The Labute approximate surface area is 106 Å². The summed E-state index contributed by atoms with van der Waals surface area (Å²) >= 11 is 0. The maximum atomic E-state index is 11.5. The SMILES string of the molecule is CC(C)(C)N(C(=O)O)[C@@H](Cn1cccn1)[C@H]1CO1. The van der Waals surface area contributed by atoms with E-state index < -0.39 is 11.6 Å². The lowest BCUT2D eigenvalue weighted by atomic mass is 10.0. The number of hydrogen-bond donors (Lipinski definition) is 1. The van der Waals surface area contributed by atoms with Gasteiger partial charge in [0, 0.05) is 17.9 Å². The molecule has 0 radical (unpaired) electrons. The highest BCUT2D eigenvalue weighted by molar-refractivity contribution is 5.66. The Morgan fingerprint density at radius 2 is 2.33 bits per heavy atom. The van der Waals surface area contributed by atoms with Crippen LogP contribution in [0.15, 0.2) is 18.5 Å². The summed E-state index contributed by atoms with van der Waals surface area (Å²) < 4.78 is 7.04. The van der Waals surface area contributed by atoms with Crippen LogP contribution < -0.4 is 0 Å². The van der Waals surface area contributed by atoms with Crippen LogP contribution in [0.5, 0.6) is 0 Å². The van der Waals surface area contributed by atoms with Crippen molar-refractivity contribution >= 4 is 6.09 Å². The van der Waals surface area contributed by atoms with Crippen LogP contribution in [-0.4, -0.2) is 50.2 Å². The van der Waals surface area contributed by atoms with E-state index in [1.807, 2.05) is 33.0 Å². The van der Waals surface area contributed by atoms with Crippen LogP contribution in [-0.2, 0) is 11.3 Å². The fraction of sp³-hybridized carbons (Fsp3) is 0.667. The van der Waals surface area contributed by atoms with Gasteiger partial charge in [0.2, 0.25) is 0 Å². The Bertz CT molecular complexity index is 407. The lowest BCUT2D eigenvalue weighted by Crippen LogP contribution is -2.54. The number of hydrogen-bond acceptors (Lipinski definition) is 3. The largest absolute Gasteiger partial charge is 0.465 e. The zero-order chi connectivity index (χ0) is 13.3. The minimum Gasteiger partial charge on any atom is -0.465 e. The molecule has 0 aromatic carbocycles. The van der Waals surface area contributed by atoms with Gasteiger partial charge in [0.15, 0.2) is 0 Å². The highest BCUT2D eigenvalue weighted by atomic mass is 16.6. The molecule has 2 heterocycles. The van der Waals surface area contributed by atoms with Crippen LogP contribution in [0.4, 0.5) is 4.79 Å². The summed E-state index contributed by atoms with van der Waals surface area (Å²) in [5.74, 6) is 0. The molecule has 18 heavy (non-hydrogen) atoms. The number of nitrogens with zero attached hydrogens (tertiary/aromatic N) is 3. The fourth-order valence-electron chi connectivity index (χ4n) is 2.17. The number of ether oxygens (including phenoxy) is 1. The van der Waals surface area contributed by atoms with Gasteiger partial charge in [-0.15, -0.1) is 0 Å². The van der Waals surface area contributed by atoms with Gasteiger partial charge in [-0.1, -0.05) is 0 Å². The summed E-state index contributed by atoms with van der Waals surface area (Å²) in [6.07, 6.45) is 2.57. The number of amides is 1. The van der Waals surface area contributed by atoms with Crippen LogP contribution in [0.3, 0.4) is 0 Å². The molecule has 0 saturated carbocycles. The molecule has 2 rings (SSSR count). The van der Waals surface area contributed by atoms with Crippen molar-refractivity contribution in [2.24, 2.45) is 0 Å². The van der Waals surface area contributed by atoms with Crippen LogP contribution in [0, 0.1) is 0 Å². The number of rotatable bonds is 4. The Morgan fingerprint density at radius 1 is 1.67 bits per heavy atom. The average molecular weight is 253 g/mol. The monoisotopic (exact) mass is 253 g/mol. The predicted molar refractivity (Wildman–Crippen MR) is 65.4 cm³/mol. The van der Waals surface area contributed by atoms with Crippen molar-refractivity contribution in [2.45, 2.75) is 45.0 Å². The summed E-state index contributed by atoms with van der Waals surface area (Å²) in [5, 5.41) is 13.6. The summed E-state index contributed by atoms with van der Waals surface area (Å²) in [4.78, 5) is 13.0. The quantitative estimate of drug-likeness (QED) is 0.824. The Morgan fingerprint density at radius 3 is 2.72 bits per heavy atom. The third-order valence-electron chi connectivity index (χ3n) is 2.98. The second-order valence-electron chi connectivity index (χ2n) is 5.49. The molecule has 1 aliphatic rings. The van der Waals surface area contributed by atoms with Crippen LogP contribution in [0.2, 0.25) is 0 Å². The van der Waals surface area contributed by atoms with Crippen molar-refractivity contribution in [1.82, 2.24) is 14.7 Å². The van der Waals surface area contributed by atoms with Gasteiger partial charge in [0.05, 0.1) is 19.2 Å². The molecule has 0 spiro atoms. The zero-order valence-electron chi connectivity index (χ0n) is 10.9. The van der Waals surface area contributed by atoms with Gasteiger partial charge in [0.25, 0.3) is 0 Å².